The third kappa shape index (κ3) is 2.80. The van der Waals surface area contributed by atoms with E-state index in [-0.39, 0.29) is 0 Å². The predicted octanol–water partition coefficient (Wildman–Crippen LogP) is 3.38. The van der Waals surface area contributed by atoms with Gasteiger partial charge < -0.3 is 10.1 Å². The molecular formula is C15H18N2OS. The summed E-state index contributed by atoms with van der Waals surface area (Å²) in [7, 11) is 1.70. The topological polar surface area (TPSA) is 34.1 Å². The zero-order valence-corrected chi connectivity index (χ0v) is 12.1. The fraction of sp³-hybridized carbons (Fsp3) is 0.400. The van der Waals surface area contributed by atoms with Gasteiger partial charge in [-0.2, -0.15) is 0 Å². The summed E-state index contributed by atoms with van der Waals surface area (Å²) in [5.74, 6) is 0.887. The summed E-state index contributed by atoms with van der Waals surface area (Å²) >= 11 is 1.76. The van der Waals surface area contributed by atoms with E-state index in [1.54, 1.807) is 18.4 Å². The van der Waals surface area contributed by atoms with Crippen molar-refractivity contribution in [2.24, 2.45) is 0 Å². The maximum atomic E-state index is 5.41. The first kappa shape index (κ1) is 12.6. The van der Waals surface area contributed by atoms with Crippen LogP contribution in [-0.2, 0) is 6.54 Å². The van der Waals surface area contributed by atoms with Crippen LogP contribution in [0.1, 0.15) is 23.4 Å². The van der Waals surface area contributed by atoms with Gasteiger partial charge in [0.15, 0.2) is 0 Å². The molecule has 19 heavy (non-hydrogen) atoms. The minimum atomic E-state index is 0.733. The molecule has 1 N–H and O–H groups in total. The van der Waals surface area contributed by atoms with E-state index in [4.69, 9.17) is 4.74 Å². The molecule has 1 heterocycles. The normalized spacial score (nSPS) is 14.6. The van der Waals surface area contributed by atoms with Gasteiger partial charge in [-0.15, -0.1) is 11.3 Å². The standard InChI is InChI=1S/C15H18N2OS/c1-10-14(9-16-11-7-8-11)19-15(17-10)12-5-3-4-6-13(12)18-2/h3-6,11,16H,7-9H2,1-2H3. The fourth-order valence-electron chi connectivity index (χ4n) is 2.05. The molecule has 3 rings (SSSR count). The molecule has 3 nitrogen and oxygen atoms in total. The van der Waals surface area contributed by atoms with Gasteiger partial charge >= 0.3 is 0 Å². The third-order valence-electron chi connectivity index (χ3n) is 3.36. The van der Waals surface area contributed by atoms with Gasteiger partial charge in [-0.1, -0.05) is 12.1 Å². The molecule has 0 aliphatic heterocycles. The average molecular weight is 274 g/mol. The summed E-state index contributed by atoms with van der Waals surface area (Å²) in [6.07, 6.45) is 2.63. The number of aromatic nitrogens is 1. The fourth-order valence-corrected chi connectivity index (χ4v) is 3.10. The summed E-state index contributed by atoms with van der Waals surface area (Å²) in [5.41, 5.74) is 2.20. The van der Waals surface area contributed by atoms with Gasteiger partial charge in [0.2, 0.25) is 0 Å². The van der Waals surface area contributed by atoms with E-state index in [9.17, 15) is 0 Å². The van der Waals surface area contributed by atoms with Crippen LogP contribution in [0.3, 0.4) is 0 Å². The molecule has 1 aliphatic rings. The number of nitrogens with one attached hydrogen (secondary N) is 1. The highest BCUT2D eigenvalue weighted by Gasteiger charge is 2.21. The quantitative estimate of drug-likeness (QED) is 0.907. The lowest BCUT2D eigenvalue weighted by atomic mass is 10.2. The van der Waals surface area contributed by atoms with Crippen molar-refractivity contribution in [3.63, 3.8) is 0 Å². The van der Waals surface area contributed by atoms with E-state index in [2.05, 4.69) is 23.3 Å². The van der Waals surface area contributed by atoms with Crippen molar-refractivity contribution in [3.05, 3.63) is 34.8 Å². The molecule has 1 saturated carbocycles. The highest BCUT2D eigenvalue weighted by Crippen LogP contribution is 2.34. The van der Waals surface area contributed by atoms with Crippen LogP contribution in [0, 0.1) is 6.92 Å². The molecule has 1 aromatic carbocycles. The molecule has 0 amide bonds. The zero-order chi connectivity index (χ0) is 13.2. The minimum Gasteiger partial charge on any atom is -0.496 e. The van der Waals surface area contributed by atoms with Crippen molar-refractivity contribution >= 4 is 11.3 Å². The molecule has 1 fully saturated rings. The number of methoxy groups -OCH3 is 1. The van der Waals surface area contributed by atoms with Crippen molar-refractivity contribution in [1.82, 2.24) is 10.3 Å². The first-order valence-electron chi connectivity index (χ1n) is 6.61. The third-order valence-corrected chi connectivity index (χ3v) is 4.55. The molecule has 0 saturated heterocycles. The Balaban J connectivity index is 1.85. The second kappa shape index (κ2) is 5.31. The number of nitrogens with zero attached hydrogens (tertiary/aromatic N) is 1. The summed E-state index contributed by atoms with van der Waals surface area (Å²) < 4.78 is 5.41. The zero-order valence-electron chi connectivity index (χ0n) is 11.3. The maximum Gasteiger partial charge on any atom is 0.129 e. The molecule has 0 unspecified atom stereocenters. The van der Waals surface area contributed by atoms with Gasteiger partial charge in [-0.25, -0.2) is 4.98 Å². The number of aryl methyl sites for hydroxylation is 1. The monoisotopic (exact) mass is 274 g/mol. The molecule has 0 bridgehead atoms. The van der Waals surface area contributed by atoms with Crippen molar-refractivity contribution < 1.29 is 4.74 Å². The van der Waals surface area contributed by atoms with Crippen molar-refractivity contribution in [3.8, 4) is 16.3 Å². The molecule has 1 aromatic heterocycles. The number of ether oxygens (including phenoxy) is 1. The van der Waals surface area contributed by atoms with E-state index < -0.39 is 0 Å². The largest absolute Gasteiger partial charge is 0.496 e. The van der Waals surface area contributed by atoms with Crippen LogP contribution in [0.4, 0.5) is 0 Å². The highest BCUT2D eigenvalue weighted by atomic mass is 32.1. The van der Waals surface area contributed by atoms with Crippen LogP contribution < -0.4 is 10.1 Å². The van der Waals surface area contributed by atoms with Gasteiger partial charge in [0.1, 0.15) is 10.8 Å². The second-order valence-electron chi connectivity index (χ2n) is 4.88. The van der Waals surface area contributed by atoms with Crippen LogP contribution in [0.25, 0.3) is 10.6 Å². The number of rotatable bonds is 5. The SMILES string of the molecule is COc1ccccc1-c1nc(C)c(CNC2CC2)s1. The van der Waals surface area contributed by atoms with Crippen molar-refractivity contribution in [1.29, 1.82) is 0 Å². The Morgan fingerprint density at radius 2 is 2.16 bits per heavy atom. The van der Waals surface area contributed by atoms with Crippen molar-refractivity contribution in [2.45, 2.75) is 32.4 Å². The molecule has 2 aromatic rings. The Morgan fingerprint density at radius 1 is 1.37 bits per heavy atom. The van der Waals surface area contributed by atoms with Gasteiger partial charge in [0.05, 0.1) is 18.4 Å². The van der Waals surface area contributed by atoms with E-state index in [0.29, 0.717) is 0 Å². The molecule has 0 spiro atoms. The first-order chi connectivity index (χ1) is 9.28. The number of thiazole rings is 1. The molecule has 4 heteroatoms. The number of hydrogen-bond donors (Lipinski definition) is 1. The smallest absolute Gasteiger partial charge is 0.129 e. The molecular weight excluding hydrogens is 256 g/mol. The Kier molecular flexibility index (Phi) is 3.53. The van der Waals surface area contributed by atoms with Crippen LogP contribution in [0.2, 0.25) is 0 Å². The van der Waals surface area contributed by atoms with Crippen LogP contribution >= 0.6 is 11.3 Å². The summed E-state index contributed by atoms with van der Waals surface area (Å²) in [6.45, 7) is 3.02. The van der Waals surface area contributed by atoms with E-state index in [1.807, 2.05) is 18.2 Å². The van der Waals surface area contributed by atoms with E-state index >= 15 is 0 Å². The van der Waals surface area contributed by atoms with Gasteiger partial charge in [-0.3, -0.25) is 0 Å². The Morgan fingerprint density at radius 3 is 2.89 bits per heavy atom. The Labute approximate surface area is 117 Å². The minimum absolute atomic E-state index is 0.733. The lowest BCUT2D eigenvalue weighted by molar-refractivity contribution is 0.416. The highest BCUT2D eigenvalue weighted by molar-refractivity contribution is 7.15. The van der Waals surface area contributed by atoms with Gasteiger partial charge in [0, 0.05) is 17.5 Å². The van der Waals surface area contributed by atoms with Gasteiger partial charge in [0.25, 0.3) is 0 Å². The molecule has 0 radical (unpaired) electrons. The van der Waals surface area contributed by atoms with E-state index in [1.165, 1.54) is 17.7 Å². The average Bonchev–Trinajstić information content (AvgIpc) is 3.19. The van der Waals surface area contributed by atoms with Crippen molar-refractivity contribution in [2.75, 3.05) is 7.11 Å². The lowest BCUT2D eigenvalue weighted by Crippen LogP contribution is -2.14. The molecule has 0 atom stereocenters. The summed E-state index contributed by atoms with van der Waals surface area (Å²) in [5, 5.41) is 4.59. The lowest BCUT2D eigenvalue weighted by Gasteiger charge is -2.04. The van der Waals surface area contributed by atoms with Crippen LogP contribution in [0.5, 0.6) is 5.75 Å². The number of benzene rings is 1. The summed E-state index contributed by atoms with van der Waals surface area (Å²) in [6, 6.07) is 8.79. The summed E-state index contributed by atoms with van der Waals surface area (Å²) in [4.78, 5) is 6.01. The van der Waals surface area contributed by atoms with Gasteiger partial charge in [-0.05, 0) is 31.9 Å². The molecule has 1 aliphatic carbocycles. The first-order valence-corrected chi connectivity index (χ1v) is 7.42. The van der Waals surface area contributed by atoms with Crippen LogP contribution in [0.15, 0.2) is 24.3 Å². The molecule has 100 valence electrons. The van der Waals surface area contributed by atoms with E-state index in [0.717, 1.165) is 34.6 Å². The Bertz CT molecular complexity index is 575. The second-order valence-corrected chi connectivity index (χ2v) is 5.97. The maximum absolute atomic E-state index is 5.41. The van der Waals surface area contributed by atoms with Crippen LogP contribution in [-0.4, -0.2) is 18.1 Å². The number of para-hydroxylation sites is 1. The Hall–Kier alpha value is -1.39. The number of hydrogen-bond acceptors (Lipinski definition) is 4. The predicted molar refractivity (Wildman–Crippen MR) is 78.7 cm³/mol.